The van der Waals surface area contributed by atoms with Crippen LogP contribution in [0.15, 0.2) is 12.1 Å². The molecule has 4 aliphatic rings. The van der Waals surface area contributed by atoms with Crippen molar-refractivity contribution in [2.45, 2.75) is 58.0 Å². The minimum absolute atomic E-state index is 0.0219. The summed E-state index contributed by atoms with van der Waals surface area (Å²) < 4.78 is 0. The molecule has 1 aromatic carbocycles. The molecule has 0 unspecified atom stereocenters. The highest BCUT2D eigenvalue weighted by Gasteiger charge is 2.74. The van der Waals surface area contributed by atoms with E-state index >= 15 is 0 Å². The third-order valence-corrected chi connectivity index (χ3v) is 7.53. The maximum atomic E-state index is 13.5. The number of hydrogen-bond acceptors (Lipinski definition) is 4. The van der Waals surface area contributed by atoms with Crippen molar-refractivity contribution < 1.29 is 14.4 Å². The van der Waals surface area contributed by atoms with Crippen LogP contribution < -0.4 is 5.32 Å². The van der Waals surface area contributed by atoms with Gasteiger partial charge >= 0.3 is 0 Å². The molecule has 6 nitrogen and oxygen atoms in total. The fourth-order valence-electron chi connectivity index (χ4n) is 6.12. The third-order valence-electron chi connectivity index (χ3n) is 7.53. The van der Waals surface area contributed by atoms with Crippen LogP contribution in [0.4, 0.5) is 5.69 Å². The lowest BCUT2D eigenvalue weighted by Gasteiger charge is -2.36. The number of fused-ring (bicyclic) bond motifs is 7. The molecule has 5 rings (SSSR count). The smallest absolute Gasteiger partial charge is 0.250 e. The zero-order valence-corrected chi connectivity index (χ0v) is 16.7. The summed E-state index contributed by atoms with van der Waals surface area (Å²) >= 11 is 0. The average molecular weight is 381 g/mol. The molecule has 1 aromatic rings. The summed E-state index contributed by atoms with van der Waals surface area (Å²) in [6, 6.07) is 4.01. The molecule has 0 aliphatic carbocycles. The summed E-state index contributed by atoms with van der Waals surface area (Å²) in [5.74, 6) is -1.36. The van der Waals surface area contributed by atoms with Crippen molar-refractivity contribution in [3.05, 3.63) is 28.8 Å². The van der Waals surface area contributed by atoms with E-state index < -0.39 is 17.4 Å². The topological polar surface area (TPSA) is 69.7 Å². The number of hydrogen-bond donors (Lipinski definition) is 1. The molecule has 148 valence electrons. The van der Waals surface area contributed by atoms with Crippen LogP contribution in [-0.4, -0.2) is 46.7 Å². The number of amides is 3. The fraction of sp³-hybridized carbons (Fsp3) is 0.591. The first-order valence-electron chi connectivity index (χ1n) is 10.5. The van der Waals surface area contributed by atoms with Gasteiger partial charge in [0.25, 0.3) is 0 Å². The van der Waals surface area contributed by atoms with Crippen LogP contribution in [0.3, 0.4) is 0 Å². The zero-order chi connectivity index (χ0) is 19.8. The summed E-state index contributed by atoms with van der Waals surface area (Å²) in [5.41, 5.74) is 2.85. The number of likely N-dealkylation sites (tertiary alicyclic amines) is 1. The molecule has 4 heterocycles. The van der Waals surface area contributed by atoms with Gasteiger partial charge in [-0.1, -0.05) is 25.5 Å². The Hall–Kier alpha value is -2.21. The van der Waals surface area contributed by atoms with Gasteiger partial charge in [0.15, 0.2) is 0 Å². The van der Waals surface area contributed by atoms with Crippen molar-refractivity contribution in [3.63, 3.8) is 0 Å². The van der Waals surface area contributed by atoms with E-state index in [1.165, 1.54) is 4.90 Å². The van der Waals surface area contributed by atoms with Crippen molar-refractivity contribution in [3.8, 4) is 0 Å². The average Bonchev–Trinajstić information content (AvgIpc) is 3.37. The molecular formula is C22H27N3O3. The highest BCUT2D eigenvalue weighted by atomic mass is 16.2. The number of imide groups is 1. The molecule has 6 heteroatoms. The van der Waals surface area contributed by atoms with E-state index in [0.717, 1.165) is 54.6 Å². The number of benzene rings is 1. The number of carbonyl (C=O) groups excluding carboxylic acids is 3. The van der Waals surface area contributed by atoms with Crippen molar-refractivity contribution >= 4 is 23.4 Å². The zero-order valence-electron chi connectivity index (χ0n) is 16.7. The molecule has 4 aliphatic heterocycles. The summed E-state index contributed by atoms with van der Waals surface area (Å²) in [6.07, 6.45) is 3.56. The second-order valence-corrected chi connectivity index (χ2v) is 8.74. The van der Waals surface area contributed by atoms with Crippen LogP contribution in [0.25, 0.3) is 0 Å². The Bertz CT molecular complexity index is 911. The van der Waals surface area contributed by atoms with Crippen LogP contribution in [-0.2, 0) is 19.9 Å². The van der Waals surface area contributed by atoms with Gasteiger partial charge in [-0.25, -0.2) is 0 Å². The van der Waals surface area contributed by atoms with Gasteiger partial charge in [-0.15, -0.1) is 0 Å². The minimum atomic E-state index is -1.03. The number of rotatable bonds is 3. The van der Waals surface area contributed by atoms with E-state index in [4.69, 9.17) is 0 Å². The number of unbranched alkanes of at least 4 members (excludes halogenated alkanes) is 1. The number of nitrogens with zero attached hydrogens (tertiary/aromatic N) is 2. The summed E-state index contributed by atoms with van der Waals surface area (Å²) in [5, 5.41) is 3.10. The Morgan fingerprint density at radius 2 is 1.96 bits per heavy atom. The Morgan fingerprint density at radius 3 is 2.71 bits per heavy atom. The van der Waals surface area contributed by atoms with Crippen molar-refractivity contribution in [2.75, 3.05) is 18.4 Å². The second-order valence-electron chi connectivity index (χ2n) is 8.74. The quantitative estimate of drug-likeness (QED) is 0.816. The van der Waals surface area contributed by atoms with E-state index in [1.54, 1.807) is 0 Å². The van der Waals surface area contributed by atoms with Crippen LogP contribution >= 0.6 is 0 Å². The van der Waals surface area contributed by atoms with Gasteiger partial charge in [0.05, 0.1) is 11.8 Å². The first kappa shape index (κ1) is 17.9. The second kappa shape index (κ2) is 5.89. The molecule has 28 heavy (non-hydrogen) atoms. The largest absolute Gasteiger partial charge is 0.324 e. The summed E-state index contributed by atoms with van der Waals surface area (Å²) in [6.45, 7) is 7.31. The van der Waals surface area contributed by atoms with Crippen molar-refractivity contribution in [1.29, 1.82) is 0 Å². The van der Waals surface area contributed by atoms with E-state index in [2.05, 4.69) is 17.1 Å². The molecule has 4 atom stereocenters. The minimum Gasteiger partial charge on any atom is -0.324 e. The lowest BCUT2D eigenvalue weighted by Crippen LogP contribution is -2.54. The molecule has 0 bridgehead atoms. The van der Waals surface area contributed by atoms with Gasteiger partial charge < -0.3 is 5.32 Å². The number of anilines is 1. The van der Waals surface area contributed by atoms with Gasteiger partial charge in [0, 0.05) is 23.8 Å². The molecule has 1 spiro atoms. The van der Waals surface area contributed by atoms with Crippen molar-refractivity contribution in [2.24, 2.45) is 11.8 Å². The van der Waals surface area contributed by atoms with E-state index in [1.807, 2.05) is 26.0 Å². The molecule has 1 N–H and O–H groups in total. The van der Waals surface area contributed by atoms with E-state index in [-0.39, 0.29) is 23.8 Å². The Kier molecular flexibility index (Phi) is 3.76. The maximum Gasteiger partial charge on any atom is 0.250 e. The maximum absolute atomic E-state index is 13.5. The van der Waals surface area contributed by atoms with Crippen LogP contribution in [0, 0.1) is 25.7 Å². The Morgan fingerprint density at radius 1 is 1.18 bits per heavy atom. The predicted octanol–water partition coefficient (Wildman–Crippen LogP) is 2.33. The first-order valence-corrected chi connectivity index (χ1v) is 10.5. The summed E-state index contributed by atoms with van der Waals surface area (Å²) in [4.78, 5) is 43.9. The van der Waals surface area contributed by atoms with Gasteiger partial charge in [-0.2, -0.15) is 0 Å². The monoisotopic (exact) mass is 381 g/mol. The first-order chi connectivity index (χ1) is 13.4. The van der Waals surface area contributed by atoms with Gasteiger partial charge in [-0.05, 0) is 50.8 Å². The van der Waals surface area contributed by atoms with Gasteiger partial charge in [0.1, 0.15) is 5.54 Å². The van der Waals surface area contributed by atoms with Crippen molar-refractivity contribution in [1.82, 2.24) is 9.80 Å². The van der Waals surface area contributed by atoms with E-state index in [0.29, 0.717) is 6.54 Å². The normalized spacial score (nSPS) is 33.6. The molecule has 0 saturated carbocycles. The molecule has 3 amide bonds. The Labute approximate surface area is 165 Å². The molecule has 3 fully saturated rings. The number of carbonyl (C=O) groups is 3. The number of nitrogens with one attached hydrogen (secondary N) is 1. The van der Waals surface area contributed by atoms with Gasteiger partial charge in [0.2, 0.25) is 17.7 Å². The predicted molar refractivity (Wildman–Crippen MR) is 105 cm³/mol. The van der Waals surface area contributed by atoms with Gasteiger partial charge in [-0.3, -0.25) is 24.2 Å². The lowest BCUT2D eigenvalue weighted by atomic mass is 9.75. The molecular weight excluding hydrogens is 354 g/mol. The molecule has 0 radical (unpaired) electrons. The number of aryl methyl sites for hydroxylation is 1. The van der Waals surface area contributed by atoms with E-state index in [9.17, 15) is 14.4 Å². The molecule has 0 aromatic heterocycles. The standard InChI is InChI=1S/C22H27N3O3/c1-4-5-10-24-19(26)16-15-7-6-11-25(15)22(17(16)20(24)27)14-9-8-12(2)13(3)18(14)23-21(22)28/h8-9,15-17H,4-7,10-11H2,1-3H3,(H,23,28)/t15-,16-,17-,22+/m0/s1. The fourth-order valence-corrected chi connectivity index (χ4v) is 6.12. The van der Waals surface area contributed by atoms with Crippen LogP contribution in [0.2, 0.25) is 0 Å². The third kappa shape index (κ3) is 1.89. The highest BCUT2D eigenvalue weighted by Crippen LogP contribution is 2.60. The van der Waals surface area contributed by atoms with Crippen LogP contribution in [0.1, 0.15) is 49.3 Å². The SMILES string of the molecule is CCCCN1C(=O)[C@@H]2[C@@H](C1=O)[C@]1(C(=O)Nc3c1ccc(C)c3C)N1CCC[C@@H]21. The molecule has 3 saturated heterocycles. The Balaban J connectivity index is 1.70. The summed E-state index contributed by atoms with van der Waals surface area (Å²) in [7, 11) is 0. The highest BCUT2D eigenvalue weighted by molar-refractivity contribution is 6.15. The lowest BCUT2D eigenvalue weighted by molar-refractivity contribution is -0.145. The van der Waals surface area contributed by atoms with Crippen LogP contribution in [0.5, 0.6) is 0 Å².